The zero-order valence-corrected chi connectivity index (χ0v) is 17.5. The first-order valence-corrected chi connectivity index (χ1v) is 10.1. The predicted octanol–water partition coefficient (Wildman–Crippen LogP) is 3.83. The molecule has 0 bridgehead atoms. The van der Waals surface area contributed by atoms with Crippen LogP contribution in [0.2, 0.25) is 0 Å². The summed E-state index contributed by atoms with van der Waals surface area (Å²) < 4.78 is 46.9. The van der Waals surface area contributed by atoms with Crippen molar-refractivity contribution in [3.8, 4) is 17.2 Å². The van der Waals surface area contributed by atoms with Gasteiger partial charge in [-0.3, -0.25) is 4.90 Å². The fourth-order valence-electron chi connectivity index (χ4n) is 3.23. The Morgan fingerprint density at radius 2 is 2.00 bits per heavy atom. The van der Waals surface area contributed by atoms with Crippen LogP contribution in [0.15, 0.2) is 18.2 Å². The molecule has 30 heavy (non-hydrogen) atoms. The predicted molar refractivity (Wildman–Crippen MR) is 104 cm³/mol. The van der Waals surface area contributed by atoms with Crippen LogP contribution in [0.3, 0.4) is 0 Å². The van der Waals surface area contributed by atoms with Gasteiger partial charge in [-0.05, 0) is 51.7 Å². The Labute approximate surface area is 174 Å². The lowest BCUT2D eigenvalue weighted by Crippen LogP contribution is -2.41. The number of rotatable bonds is 8. The molecule has 3 rings (SSSR count). The van der Waals surface area contributed by atoms with Gasteiger partial charge in [-0.1, -0.05) is 0 Å². The number of likely N-dealkylation sites (tertiary alicyclic amines) is 1. The molecule has 0 spiro atoms. The summed E-state index contributed by atoms with van der Waals surface area (Å²) in [6.07, 6.45) is 1.65. The van der Waals surface area contributed by atoms with Gasteiger partial charge in [0.25, 0.3) is 0 Å². The fourth-order valence-corrected chi connectivity index (χ4v) is 3.23. The number of aliphatic hydroxyl groups excluding tert-OH is 1. The van der Waals surface area contributed by atoms with Crippen molar-refractivity contribution in [2.45, 2.75) is 64.4 Å². The average molecular weight is 429 g/mol. The Bertz CT molecular complexity index is 735. The molecule has 1 saturated carbocycles. The second kappa shape index (κ2) is 9.24. The molecule has 1 amide bonds. The molecule has 0 unspecified atom stereocenters. The average Bonchev–Trinajstić information content (AvgIpc) is 3.38. The zero-order chi connectivity index (χ0) is 21.9. The molecule has 1 heterocycles. The van der Waals surface area contributed by atoms with Gasteiger partial charge in [-0.25, -0.2) is 4.79 Å². The Morgan fingerprint density at radius 3 is 2.60 bits per heavy atom. The number of benzene rings is 1. The van der Waals surface area contributed by atoms with E-state index in [0.717, 1.165) is 12.8 Å². The highest BCUT2D eigenvalue weighted by Gasteiger charge is 2.38. The molecular weight excluding hydrogens is 400 g/mol. The maximum Gasteiger partial charge on any atom is 0.410 e. The summed E-state index contributed by atoms with van der Waals surface area (Å²) >= 11 is 0. The van der Waals surface area contributed by atoms with Gasteiger partial charge in [0.15, 0.2) is 11.5 Å². The van der Waals surface area contributed by atoms with E-state index < -0.39 is 24.3 Å². The highest BCUT2D eigenvalue weighted by molar-refractivity contribution is 5.69. The van der Waals surface area contributed by atoms with Crippen LogP contribution in [0, 0.1) is 5.92 Å². The van der Waals surface area contributed by atoms with Crippen molar-refractivity contribution < 1.29 is 37.6 Å². The first-order valence-electron chi connectivity index (χ1n) is 10.1. The van der Waals surface area contributed by atoms with Crippen LogP contribution in [0.1, 0.15) is 40.0 Å². The Morgan fingerprint density at radius 1 is 1.27 bits per heavy atom. The summed E-state index contributed by atoms with van der Waals surface area (Å²) in [5.74, 6) is 1.00. The summed E-state index contributed by atoms with van der Waals surface area (Å²) in [4.78, 5) is 13.9. The van der Waals surface area contributed by atoms with Crippen molar-refractivity contribution in [1.29, 1.82) is 0 Å². The molecule has 1 aromatic carbocycles. The number of halogens is 2. The third-order valence-electron chi connectivity index (χ3n) is 4.82. The molecule has 1 N–H and O–H groups in total. The normalized spacial score (nSPS) is 21.6. The summed E-state index contributed by atoms with van der Waals surface area (Å²) in [5, 5.41) is 9.65. The number of carbonyl (C=O) groups is 1. The number of hydrogen-bond donors (Lipinski definition) is 1. The van der Waals surface area contributed by atoms with Crippen molar-refractivity contribution in [2.75, 3.05) is 19.8 Å². The summed E-state index contributed by atoms with van der Waals surface area (Å²) in [5.41, 5.74) is -0.648. The van der Waals surface area contributed by atoms with E-state index in [-0.39, 0.29) is 30.8 Å². The standard InChI is InChI=1S/C21H29F2NO6/c1-21(2,3)30-20(26)24-10-16(8-14(24)11-25)28-15-6-7-17(29-19(22)23)18(9-15)27-12-13-4-5-13/h6-7,9,13-14,16,19,25H,4-5,8,10-12H2,1-3H3/t14-,16+/m1/s1. The highest BCUT2D eigenvalue weighted by Crippen LogP contribution is 2.36. The van der Waals surface area contributed by atoms with E-state index in [1.54, 1.807) is 20.8 Å². The van der Waals surface area contributed by atoms with Gasteiger partial charge in [0, 0.05) is 12.5 Å². The lowest BCUT2D eigenvalue weighted by atomic mass is 10.2. The van der Waals surface area contributed by atoms with E-state index in [1.165, 1.54) is 23.1 Å². The van der Waals surface area contributed by atoms with Crippen molar-refractivity contribution in [1.82, 2.24) is 4.90 Å². The van der Waals surface area contributed by atoms with Crippen LogP contribution in [0.5, 0.6) is 17.2 Å². The minimum atomic E-state index is -2.96. The van der Waals surface area contributed by atoms with Gasteiger partial charge < -0.3 is 24.1 Å². The molecule has 1 aliphatic carbocycles. The fraction of sp³-hybridized carbons (Fsp3) is 0.667. The maximum absolute atomic E-state index is 12.7. The van der Waals surface area contributed by atoms with Crippen molar-refractivity contribution in [3.05, 3.63) is 18.2 Å². The molecule has 2 atom stereocenters. The summed E-state index contributed by atoms with van der Waals surface area (Å²) in [7, 11) is 0. The second-order valence-electron chi connectivity index (χ2n) is 8.69. The van der Waals surface area contributed by atoms with Gasteiger partial charge >= 0.3 is 12.7 Å². The quantitative estimate of drug-likeness (QED) is 0.677. The zero-order valence-electron chi connectivity index (χ0n) is 17.5. The topological polar surface area (TPSA) is 77.5 Å². The smallest absolute Gasteiger partial charge is 0.410 e. The molecule has 7 nitrogen and oxygen atoms in total. The van der Waals surface area contributed by atoms with E-state index >= 15 is 0 Å². The molecule has 0 aromatic heterocycles. The van der Waals surface area contributed by atoms with E-state index in [0.29, 0.717) is 24.7 Å². The van der Waals surface area contributed by atoms with E-state index in [9.17, 15) is 18.7 Å². The van der Waals surface area contributed by atoms with Gasteiger partial charge in [-0.2, -0.15) is 8.78 Å². The van der Waals surface area contributed by atoms with Crippen molar-refractivity contribution in [2.24, 2.45) is 5.92 Å². The molecular formula is C21H29F2NO6. The Hall–Kier alpha value is -2.29. The van der Waals surface area contributed by atoms with Crippen LogP contribution in [0.4, 0.5) is 13.6 Å². The number of carbonyl (C=O) groups excluding carboxylic acids is 1. The molecule has 1 aromatic rings. The van der Waals surface area contributed by atoms with Gasteiger partial charge in [-0.15, -0.1) is 0 Å². The van der Waals surface area contributed by atoms with E-state index in [4.69, 9.17) is 14.2 Å². The van der Waals surface area contributed by atoms with Crippen LogP contribution in [-0.2, 0) is 4.74 Å². The lowest BCUT2D eigenvalue weighted by Gasteiger charge is -2.27. The minimum Gasteiger partial charge on any atom is -0.489 e. The number of amides is 1. The van der Waals surface area contributed by atoms with E-state index in [2.05, 4.69) is 4.74 Å². The van der Waals surface area contributed by atoms with Crippen LogP contribution in [0.25, 0.3) is 0 Å². The van der Waals surface area contributed by atoms with Crippen molar-refractivity contribution >= 4 is 6.09 Å². The van der Waals surface area contributed by atoms with Crippen LogP contribution in [-0.4, -0.2) is 60.2 Å². The number of aliphatic hydroxyl groups is 1. The van der Waals surface area contributed by atoms with Gasteiger partial charge in [0.2, 0.25) is 0 Å². The molecule has 1 saturated heterocycles. The third kappa shape index (κ3) is 6.35. The number of hydrogen-bond acceptors (Lipinski definition) is 6. The van der Waals surface area contributed by atoms with Crippen molar-refractivity contribution in [3.63, 3.8) is 0 Å². The Balaban J connectivity index is 1.67. The molecule has 168 valence electrons. The molecule has 2 aliphatic rings. The minimum absolute atomic E-state index is 0.0481. The van der Waals surface area contributed by atoms with E-state index in [1.807, 2.05) is 0 Å². The Kier molecular flexibility index (Phi) is 6.90. The summed E-state index contributed by atoms with van der Waals surface area (Å²) in [6, 6.07) is 4.00. The third-order valence-corrected chi connectivity index (χ3v) is 4.82. The summed E-state index contributed by atoms with van der Waals surface area (Å²) in [6.45, 7) is 2.83. The highest BCUT2D eigenvalue weighted by atomic mass is 19.3. The largest absolute Gasteiger partial charge is 0.489 e. The van der Waals surface area contributed by atoms with Gasteiger partial charge in [0.1, 0.15) is 17.5 Å². The molecule has 9 heteroatoms. The number of alkyl halides is 2. The van der Waals surface area contributed by atoms with Gasteiger partial charge in [0.05, 0.1) is 25.8 Å². The van der Waals surface area contributed by atoms with Crippen LogP contribution >= 0.6 is 0 Å². The molecule has 2 fully saturated rings. The molecule has 0 radical (unpaired) electrons. The maximum atomic E-state index is 12.7. The second-order valence-corrected chi connectivity index (χ2v) is 8.69. The number of ether oxygens (including phenoxy) is 4. The van der Waals surface area contributed by atoms with Crippen LogP contribution < -0.4 is 14.2 Å². The molecule has 1 aliphatic heterocycles. The first kappa shape index (κ1) is 22.4. The SMILES string of the molecule is CC(C)(C)OC(=O)N1C[C@@H](Oc2ccc(OC(F)F)c(OCC3CC3)c2)C[C@@H]1CO. The monoisotopic (exact) mass is 429 g/mol. The first-order chi connectivity index (χ1) is 14.1. The number of nitrogens with zero attached hydrogens (tertiary/aromatic N) is 1. The lowest BCUT2D eigenvalue weighted by molar-refractivity contribution is -0.0516.